The summed E-state index contributed by atoms with van der Waals surface area (Å²) >= 11 is 0. The Bertz CT molecular complexity index is 3200. The summed E-state index contributed by atoms with van der Waals surface area (Å²) in [5.74, 6) is 0.620. The first-order chi connectivity index (χ1) is 27.2. The highest BCUT2D eigenvalue weighted by Gasteiger charge is 2.19. The maximum absolute atomic E-state index is 6.59. The lowest BCUT2D eigenvalue weighted by Crippen LogP contribution is -2.10. The van der Waals surface area contributed by atoms with Gasteiger partial charge in [0.15, 0.2) is 5.58 Å². The van der Waals surface area contributed by atoms with Crippen LogP contribution in [-0.2, 0) is 0 Å². The second-order valence-electron chi connectivity index (χ2n) is 13.9. The van der Waals surface area contributed by atoms with Crippen LogP contribution in [0.25, 0.3) is 88.3 Å². The lowest BCUT2D eigenvalue weighted by Gasteiger charge is -2.27. The van der Waals surface area contributed by atoms with Gasteiger partial charge in [0.2, 0.25) is 5.89 Å². The maximum atomic E-state index is 6.59. The molecular formula is C51H32N2O2. The molecule has 0 N–H and O–H groups in total. The van der Waals surface area contributed by atoms with E-state index < -0.39 is 0 Å². The molecule has 0 radical (unpaired) electrons. The zero-order chi connectivity index (χ0) is 36.3. The van der Waals surface area contributed by atoms with Gasteiger partial charge in [0, 0.05) is 38.8 Å². The van der Waals surface area contributed by atoms with E-state index in [4.69, 9.17) is 13.8 Å². The molecular weight excluding hydrogens is 673 g/mol. The number of furan rings is 1. The highest BCUT2D eigenvalue weighted by atomic mass is 16.3. The average Bonchev–Trinajstić information content (AvgIpc) is 3.86. The Morgan fingerprint density at radius 3 is 1.87 bits per heavy atom. The zero-order valence-electron chi connectivity index (χ0n) is 29.7. The fourth-order valence-corrected chi connectivity index (χ4v) is 8.05. The van der Waals surface area contributed by atoms with Gasteiger partial charge in [-0.3, -0.25) is 0 Å². The Morgan fingerprint density at radius 1 is 0.382 bits per heavy atom. The fourth-order valence-electron chi connectivity index (χ4n) is 8.05. The number of para-hydroxylation sites is 2. The molecule has 258 valence electrons. The quantitative estimate of drug-likeness (QED) is 0.162. The molecule has 11 rings (SSSR count). The molecule has 0 unspecified atom stereocenters. The van der Waals surface area contributed by atoms with Crippen LogP contribution in [0.3, 0.4) is 0 Å². The minimum Gasteiger partial charge on any atom is -0.456 e. The Morgan fingerprint density at radius 2 is 1.04 bits per heavy atom. The zero-order valence-corrected chi connectivity index (χ0v) is 29.7. The minimum atomic E-state index is 0.620. The van der Waals surface area contributed by atoms with Crippen LogP contribution in [0.5, 0.6) is 0 Å². The standard InChI is InChI=1S/C51H32N2O2/c1-4-12-33(13-5-1)41-27-26-40(31-43(41)37-24-29-48-45(30-37)42-18-10-11-19-47(42)54-48)53(38-16-8-3-9-17-38)39-25-22-34-20-21-35-23-28-46-50(49(35)44(34)32-39)55-51(52-46)36-14-6-2-7-15-36/h1-32H. The van der Waals surface area contributed by atoms with Gasteiger partial charge in [-0.05, 0) is 111 Å². The van der Waals surface area contributed by atoms with Gasteiger partial charge in [0.1, 0.15) is 16.7 Å². The van der Waals surface area contributed by atoms with Crippen molar-refractivity contribution >= 4 is 71.6 Å². The third kappa shape index (κ3) is 5.26. The van der Waals surface area contributed by atoms with E-state index >= 15 is 0 Å². The molecule has 0 saturated heterocycles. The molecule has 2 aromatic heterocycles. The maximum Gasteiger partial charge on any atom is 0.227 e. The van der Waals surface area contributed by atoms with Crippen LogP contribution in [0.4, 0.5) is 17.1 Å². The molecule has 2 heterocycles. The van der Waals surface area contributed by atoms with Crippen molar-refractivity contribution in [2.75, 3.05) is 4.90 Å². The van der Waals surface area contributed by atoms with Crippen LogP contribution in [0, 0.1) is 0 Å². The smallest absolute Gasteiger partial charge is 0.227 e. The van der Waals surface area contributed by atoms with Crippen molar-refractivity contribution in [2.24, 2.45) is 0 Å². The Hall–Kier alpha value is -7.43. The fraction of sp³-hybridized carbons (Fsp3) is 0. The summed E-state index contributed by atoms with van der Waals surface area (Å²) in [6.45, 7) is 0. The third-order valence-electron chi connectivity index (χ3n) is 10.7. The number of hydrogen-bond acceptors (Lipinski definition) is 4. The van der Waals surface area contributed by atoms with Crippen molar-refractivity contribution in [1.29, 1.82) is 0 Å². The molecule has 4 heteroatoms. The number of aromatic nitrogens is 1. The van der Waals surface area contributed by atoms with Crippen LogP contribution in [-0.4, -0.2) is 4.98 Å². The van der Waals surface area contributed by atoms with Crippen molar-refractivity contribution in [3.05, 3.63) is 194 Å². The molecule has 0 spiro atoms. The molecule has 9 aromatic carbocycles. The summed E-state index contributed by atoms with van der Waals surface area (Å²) in [5, 5.41) is 6.62. The lowest BCUT2D eigenvalue weighted by molar-refractivity contribution is 0.623. The van der Waals surface area contributed by atoms with E-state index in [0.29, 0.717) is 5.89 Å². The van der Waals surface area contributed by atoms with Crippen LogP contribution >= 0.6 is 0 Å². The van der Waals surface area contributed by atoms with Crippen molar-refractivity contribution < 1.29 is 8.83 Å². The molecule has 0 aliphatic carbocycles. The second-order valence-corrected chi connectivity index (χ2v) is 13.9. The largest absolute Gasteiger partial charge is 0.456 e. The number of fused-ring (bicyclic) bond motifs is 8. The number of nitrogens with zero attached hydrogens (tertiary/aromatic N) is 2. The predicted octanol–water partition coefficient (Wildman–Crippen LogP) is 14.5. The van der Waals surface area contributed by atoms with E-state index in [1.165, 1.54) is 0 Å². The van der Waals surface area contributed by atoms with Gasteiger partial charge >= 0.3 is 0 Å². The van der Waals surface area contributed by atoms with E-state index in [-0.39, 0.29) is 0 Å². The summed E-state index contributed by atoms with van der Waals surface area (Å²) < 4.78 is 12.8. The molecule has 0 fully saturated rings. The number of oxazole rings is 1. The van der Waals surface area contributed by atoms with Gasteiger partial charge in [-0.1, -0.05) is 121 Å². The first-order valence-electron chi connectivity index (χ1n) is 18.5. The highest BCUT2D eigenvalue weighted by Crippen LogP contribution is 2.44. The summed E-state index contributed by atoms with van der Waals surface area (Å²) in [6, 6.07) is 68.2. The second kappa shape index (κ2) is 12.6. The molecule has 55 heavy (non-hydrogen) atoms. The summed E-state index contributed by atoms with van der Waals surface area (Å²) in [5.41, 5.74) is 12.1. The number of benzene rings is 9. The molecule has 0 aliphatic heterocycles. The van der Waals surface area contributed by atoms with Gasteiger partial charge in [0.25, 0.3) is 0 Å². The van der Waals surface area contributed by atoms with E-state index in [1.807, 2.05) is 42.5 Å². The number of anilines is 3. The Labute approximate surface area is 317 Å². The van der Waals surface area contributed by atoms with Crippen molar-refractivity contribution in [3.63, 3.8) is 0 Å². The Balaban J connectivity index is 1.13. The van der Waals surface area contributed by atoms with Gasteiger partial charge in [-0.15, -0.1) is 0 Å². The Kier molecular flexibility index (Phi) is 7.14. The van der Waals surface area contributed by atoms with Crippen LogP contribution < -0.4 is 4.90 Å². The van der Waals surface area contributed by atoms with E-state index in [1.54, 1.807) is 0 Å². The normalized spacial score (nSPS) is 11.6. The van der Waals surface area contributed by atoms with Gasteiger partial charge in [-0.25, -0.2) is 4.98 Å². The molecule has 0 atom stereocenters. The predicted molar refractivity (Wildman–Crippen MR) is 227 cm³/mol. The molecule has 0 saturated carbocycles. The van der Waals surface area contributed by atoms with E-state index in [2.05, 4.69) is 157 Å². The van der Waals surface area contributed by atoms with Crippen LogP contribution in [0.2, 0.25) is 0 Å². The van der Waals surface area contributed by atoms with E-state index in [0.717, 1.165) is 99.5 Å². The topological polar surface area (TPSA) is 42.4 Å². The van der Waals surface area contributed by atoms with Gasteiger partial charge in [-0.2, -0.15) is 0 Å². The SMILES string of the molecule is c1ccc(-c2nc3ccc4ccc5ccc(N(c6ccccc6)c6ccc(-c7ccccc7)c(-c7ccc8oc9ccccc9c8c7)c6)cc5c4c3o2)cc1. The van der Waals surface area contributed by atoms with E-state index in [9.17, 15) is 0 Å². The monoisotopic (exact) mass is 704 g/mol. The van der Waals surface area contributed by atoms with Crippen molar-refractivity contribution in [1.82, 2.24) is 4.98 Å². The first kappa shape index (κ1) is 31.1. The summed E-state index contributed by atoms with van der Waals surface area (Å²) in [6.07, 6.45) is 0. The minimum absolute atomic E-state index is 0.620. The molecule has 4 nitrogen and oxygen atoms in total. The molecule has 0 aliphatic rings. The molecule has 0 amide bonds. The third-order valence-corrected chi connectivity index (χ3v) is 10.7. The summed E-state index contributed by atoms with van der Waals surface area (Å²) in [7, 11) is 0. The molecule has 0 bridgehead atoms. The first-order valence-corrected chi connectivity index (χ1v) is 18.5. The average molecular weight is 705 g/mol. The van der Waals surface area contributed by atoms with Gasteiger partial charge < -0.3 is 13.7 Å². The van der Waals surface area contributed by atoms with Crippen molar-refractivity contribution in [3.8, 4) is 33.7 Å². The summed E-state index contributed by atoms with van der Waals surface area (Å²) in [4.78, 5) is 7.26. The van der Waals surface area contributed by atoms with Crippen molar-refractivity contribution in [2.45, 2.75) is 0 Å². The highest BCUT2D eigenvalue weighted by molar-refractivity contribution is 6.18. The molecule has 11 aromatic rings. The lowest BCUT2D eigenvalue weighted by atomic mass is 9.92. The van der Waals surface area contributed by atoms with Crippen LogP contribution in [0.15, 0.2) is 203 Å². The van der Waals surface area contributed by atoms with Crippen LogP contribution in [0.1, 0.15) is 0 Å². The number of rotatable bonds is 6. The van der Waals surface area contributed by atoms with Gasteiger partial charge in [0.05, 0.1) is 0 Å². The number of hydrogen-bond donors (Lipinski definition) is 0.